The van der Waals surface area contributed by atoms with E-state index in [1.807, 2.05) is 0 Å². The predicted octanol–water partition coefficient (Wildman–Crippen LogP) is 5.10. The van der Waals surface area contributed by atoms with Crippen LogP contribution >= 0.6 is 23.2 Å². The number of anilines is 1. The van der Waals surface area contributed by atoms with Gasteiger partial charge in [0.2, 0.25) is 15.9 Å². The van der Waals surface area contributed by atoms with Gasteiger partial charge in [-0.3, -0.25) is 4.79 Å². The predicted molar refractivity (Wildman–Crippen MR) is 115 cm³/mol. The molecular formula is C21H16Cl2F2N2O3S. The number of nitrogens with one attached hydrogen (secondary N) is 1. The maximum Gasteiger partial charge on any atom is 0.243 e. The molecule has 0 unspecified atom stereocenters. The molecule has 0 saturated carbocycles. The third-order valence-electron chi connectivity index (χ3n) is 4.27. The smallest absolute Gasteiger partial charge is 0.243 e. The quantitative estimate of drug-likeness (QED) is 0.507. The summed E-state index contributed by atoms with van der Waals surface area (Å²) in [6.45, 7) is -0.904. The van der Waals surface area contributed by atoms with Crippen LogP contribution in [0.1, 0.15) is 5.56 Å². The van der Waals surface area contributed by atoms with Crippen molar-refractivity contribution < 1.29 is 22.0 Å². The number of carbonyl (C=O) groups excluding carboxylic acids is 1. The highest BCUT2D eigenvalue weighted by Crippen LogP contribution is 2.25. The molecule has 0 aromatic heterocycles. The summed E-state index contributed by atoms with van der Waals surface area (Å²) in [5, 5.41) is 2.79. The van der Waals surface area contributed by atoms with Crippen LogP contribution < -0.4 is 5.32 Å². The van der Waals surface area contributed by atoms with Gasteiger partial charge in [0, 0.05) is 22.7 Å². The van der Waals surface area contributed by atoms with E-state index in [9.17, 15) is 22.0 Å². The van der Waals surface area contributed by atoms with Crippen molar-refractivity contribution in [3.63, 3.8) is 0 Å². The normalized spacial score (nSPS) is 11.5. The molecule has 0 fully saturated rings. The summed E-state index contributed by atoms with van der Waals surface area (Å²) in [5.74, 6) is -2.46. The van der Waals surface area contributed by atoms with Crippen LogP contribution in [-0.4, -0.2) is 25.2 Å². The third kappa shape index (κ3) is 5.80. The Morgan fingerprint density at radius 3 is 2.35 bits per heavy atom. The highest BCUT2D eigenvalue weighted by molar-refractivity contribution is 7.89. The van der Waals surface area contributed by atoms with Crippen LogP contribution in [0, 0.1) is 11.6 Å². The average molecular weight is 485 g/mol. The van der Waals surface area contributed by atoms with E-state index in [0.29, 0.717) is 10.6 Å². The largest absolute Gasteiger partial charge is 0.322 e. The monoisotopic (exact) mass is 484 g/mol. The van der Waals surface area contributed by atoms with E-state index in [-0.39, 0.29) is 16.5 Å². The summed E-state index contributed by atoms with van der Waals surface area (Å²) < 4.78 is 54.5. The molecule has 0 saturated heterocycles. The fourth-order valence-electron chi connectivity index (χ4n) is 2.75. The first-order valence-electron chi connectivity index (χ1n) is 8.91. The molecule has 0 aliphatic carbocycles. The number of rotatable bonds is 7. The molecule has 0 aliphatic heterocycles. The number of hydrogen-bond acceptors (Lipinski definition) is 3. The van der Waals surface area contributed by atoms with E-state index in [4.69, 9.17) is 23.2 Å². The first-order valence-corrected chi connectivity index (χ1v) is 11.1. The van der Waals surface area contributed by atoms with Crippen LogP contribution in [0.15, 0.2) is 71.6 Å². The minimum absolute atomic E-state index is 0.0372. The molecule has 3 aromatic carbocycles. The molecule has 3 aromatic rings. The lowest BCUT2D eigenvalue weighted by Gasteiger charge is -2.22. The fraction of sp³-hybridized carbons (Fsp3) is 0.0952. The van der Waals surface area contributed by atoms with E-state index in [2.05, 4.69) is 5.32 Å². The zero-order valence-electron chi connectivity index (χ0n) is 15.9. The molecule has 0 heterocycles. The van der Waals surface area contributed by atoms with Crippen molar-refractivity contribution in [2.75, 3.05) is 11.9 Å². The first-order chi connectivity index (χ1) is 14.7. The van der Waals surface area contributed by atoms with E-state index in [1.165, 1.54) is 24.3 Å². The van der Waals surface area contributed by atoms with Crippen molar-refractivity contribution in [3.05, 3.63) is 94.0 Å². The number of amides is 1. The van der Waals surface area contributed by atoms with Gasteiger partial charge < -0.3 is 5.32 Å². The van der Waals surface area contributed by atoms with Crippen LogP contribution in [0.5, 0.6) is 0 Å². The Bertz CT molecular complexity index is 1210. The molecule has 10 heteroatoms. The van der Waals surface area contributed by atoms with Crippen molar-refractivity contribution in [1.82, 2.24) is 4.31 Å². The van der Waals surface area contributed by atoms with Crippen molar-refractivity contribution in [3.8, 4) is 0 Å². The van der Waals surface area contributed by atoms with Crippen LogP contribution in [0.2, 0.25) is 10.0 Å². The Kier molecular flexibility index (Phi) is 7.27. The summed E-state index contributed by atoms with van der Waals surface area (Å²) in [5.41, 5.74) is 0.0156. The minimum Gasteiger partial charge on any atom is -0.322 e. The molecule has 0 aliphatic rings. The van der Waals surface area contributed by atoms with E-state index >= 15 is 0 Å². The van der Waals surface area contributed by atoms with Crippen LogP contribution in [0.4, 0.5) is 14.5 Å². The maximum atomic E-state index is 13.9. The SMILES string of the molecule is O=C(CN(Cc1ccc(Cl)cc1Cl)S(=O)(=O)c1ccccc1)Nc1cc(F)ccc1F. The average Bonchev–Trinajstić information content (AvgIpc) is 2.72. The van der Waals surface area contributed by atoms with Gasteiger partial charge in [0.15, 0.2) is 0 Å². The third-order valence-corrected chi connectivity index (χ3v) is 6.66. The van der Waals surface area contributed by atoms with Crippen molar-refractivity contribution in [1.29, 1.82) is 0 Å². The Morgan fingerprint density at radius 2 is 1.68 bits per heavy atom. The van der Waals surface area contributed by atoms with Gasteiger partial charge in [0.05, 0.1) is 17.1 Å². The highest BCUT2D eigenvalue weighted by Gasteiger charge is 2.28. The van der Waals surface area contributed by atoms with E-state index < -0.39 is 39.8 Å². The zero-order chi connectivity index (χ0) is 22.6. The molecule has 0 radical (unpaired) electrons. The molecule has 0 spiro atoms. The Morgan fingerprint density at radius 1 is 0.968 bits per heavy atom. The molecule has 0 bridgehead atoms. The van der Waals surface area contributed by atoms with Crippen molar-refractivity contribution in [2.24, 2.45) is 0 Å². The maximum absolute atomic E-state index is 13.9. The van der Waals surface area contributed by atoms with E-state index in [0.717, 1.165) is 22.5 Å². The van der Waals surface area contributed by atoms with Crippen LogP contribution in [-0.2, 0) is 21.4 Å². The van der Waals surface area contributed by atoms with Gasteiger partial charge in [0.1, 0.15) is 11.6 Å². The molecule has 0 atom stereocenters. The summed E-state index contributed by atoms with van der Waals surface area (Å²) in [6, 6.07) is 14.6. The lowest BCUT2D eigenvalue weighted by atomic mass is 10.2. The number of benzene rings is 3. The van der Waals surface area contributed by atoms with Gasteiger partial charge >= 0.3 is 0 Å². The number of halogens is 4. The molecule has 162 valence electrons. The van der Waals surface area contributed by atoms with E-state index in [1.54, 1.807) is 24.3 Å². The topological polar surface area (TPSA) is 66.5 Å². The molecule has 3 rings (SSSR count). The minimum atomic E-state index is -4.12. The molecule has 1 N–H and O–H groups in total. The summed E-state index contributed by atoms with van der Waals surface area (Å²) in [6.07, 6.45) is 0. The van der Waals surface area contributed by atoms with Crippen LogP contribution in [0.3, 0.4) is 0 Å². The standard InChI is InChI=1S/C21H16Cl2F2N2O3S/c22-15-7-6-14(18(23)10-15)12-27(31(29,30)17-4-2-1-3-5-17)13-21(28)26-20-11-16(24)8-9-19(20)25/h1-11H,12-13H2,(H,26,28). The molecule has 1 amide bonds. The first kappa shape index (κ1) is 23.1. The lowest BCUT2D eigenvalue weighted by Crippen LogP contribution is -2.37. The van der Waals surface area contributed by atoms with Gasteiger partial charge in [0.25, 0.3) is 0 Å². The lowest BCUT2D eigenvalue weighted by molar-refractivity contribution is -0.116. The van der Waals surface area contributed by atoms with Gasteiger partial charge in [-0.25, -0.2) is 17.2 Å². The number of hydrogen-bond donors (Lipinski definition) is 1. The second-order valence-electron chi connectivity index (χ2n) is 6.49. The Labute approximate surface area is 188 Å². The second-order valence-corrected chi connectivity index (χ2v) is 9.28. The number of sulfonamides is 1. The van der Waals surface area contributed by atoms with Crippen molar-refractivity contribution >= 4 is 44.8 Å². The Balaban J connectivity index is 1.91. The van der Waals surface area contributed by atoms with Gasteiger partial charge in [-0.05, 0) is 42.0 Å². The van der Waals surface area contributed by atoms with Gasteiger partial charge in [-0.1, -0.05) is 47.5 Å². The number of carbonyl (C=O) groups is 1. The van der Waals surface area contributed by atoms with Gasteiger partial charge in [-0.15, -0.1) is 0 Å². The van der Waals surface area contributed by atoms with Crippen LogP contribution in [0.25, 0.3) is 0 Å². The highest BCUT2D eigenvalue weighted by atomic mass is 35.5. The Hall–Kier alpha value is -2.52. The molecular weight excluding hydrogens is 469 g/mol. The fourth-order valence-corrected chi connectivity index (χ4v) is 4.61. The summed E-state index contributed by atoms with van der Waals surface area (Å²) in [7, 11) is -4.12. The molecule has 31 heavy (non-hydrogen) atoms. The number of nitrogens with zero attached hydrogens (tertiary/aromatic N) is 1. The second kappa shape index (κ2) is 9.74. The molecule has 5 nitrogen and oxygen atoms in total. The summed E-state index contributed by atoms with van der Waals surface area (Å²) in [4.78, 5) is 12.5. The van der Waals surface area contributed by atoms with Gasteiger partial charge in [-0.2, -0.15) is 4.31 Å². The van der Waals surface area contributed by atoms with Crippen molar-refractivity contribution in [2.45, 2.75) is 11.4 Å². The zero-order valence-corrected chi connectivity index (χ0v) is 18.2. The summed E-state index contributed by atoms with van der Waals surface area (Å²) >= 11 is 12.1.